The minimum atomic E-state index is 0.0980. The van der Waals surface area contributed by atoms with E-state index in [0.717, 1.165) is 11.3 Å². The molecule has 5 heteroatoms. The molecule has 0 radical (unpaired) electrons. The molecule has 0 amide bonds. The number of nitrogens with zero attached hydrogens (tertiary/aromatic N) is 1. The van der Waals surface area contributed by atoms with Crippen LogP contribution in [-0.4, -0.2) is 32.3 Å². The minimum absolute atomic E-state index is 0.0980. The summed E-state index contributed by atoms with van der Waals surface area (Å²) in [4.78, 5) is 16.3. The Hall–Kier alpha value is -0.680. The summed E-state index contributed by atoms with van der Waals surface area (Å²) < 4.78 is 0. The Kier molecular flexibility index (Phi) is 4.56. The second kappa shape index (κ2) is 5.97. The van der Waals surface area contributed by atoms with Crippen LogP contribution in [0.2, 0.25) is 0 Å². The first-order valence-electron chi connectivity index (χ1n) is 6.07. The molecule has 0 aromatic carbocycles. The van der Waals surface area contributed by atoms with Crippen molar-refractivity contribution >= 4 is 35.1 Å². The molecule has 2 N–H and O–H groups in total. The van der Waals surface area contributed by atoms with Crippen LogP contribution in [0.1, 0.15) is 19.4 Å². The number of ketones is 1. The number of hydrogen-bond acceptors (Lipinski definition) is 5. The average Bonchev–Trinajstić information content (AvgIpc) is 2.35. The van der Waals surface area contributed by atoms with Gasteiger partial charge in [0.05, 0.1) is 5.25 Å². The fourth-order valence-corrected chi connectivity index (χ4v) is 4.74. The molecule has 2 heterocycles. The lowest BCUT2D eigenvalue weighted by Gasteiger charge is -2.30. The van der Waals surface area contributed by atoms with E-state index in [9.17, 15) is 4.79 Å². The van der Waals surface area contributed by atoms with Crippen molar-refractivity contribution in [1.29, 1.82) is 0 Å². The van der Waals surface area contributed by atoms with Crippen molar-refractivity contribution < 1.29 is 4.79 Å². The first-order valence-corrected chi connectivity index (χ1v) is 8.06. The summed E-state index contributed by atoms with van der Waals surface area (Å²) in [5.41, 5.74) is 6.62. The number of pyridine rings is 1. The number of nitrogens with two attached hydrogens (primary N) is 1. The van der Waals surface area contributed by atoms with Gasteiger partial charge in [0.15, 0.2) is 5.78 Å². The molecule has 1 fully saturated rings. The maximum atomic E-state index is 12.3. The summed E-state index contributed by atoms with van der Waals surface area (Å²) in [5.74, 6) is 1.65. The van der Waals surface area contributed by atoms with Gasteiger partial charge in [-0.25, -0.2) is 4.98 Å². The standard InChI is InChI=1S/C13H18N2OS2/c1-8-9(2)18-12(7-17-8)11(16)6-10-4-3-5-15-13(10)14/h3-5,8-9,12H,6-7H2,1-2H3,(H2,14,15). The highest BCUT2D eigenvalue weighted by Gasteiger charge is 2.30. The molecular formula is C13H18N2OS2. The zero-order valence-electron chi connectivity index (χ0n) is 10.6. The summed E-state index contributed by atoms with van der Waals surface area (Å²) in [6, 6.07) is 3.71. The van der Waals surface area contributed by atoms with Gasteiger partial charge in [-0.1, -0.05) is 19.9 Å². The van der Waals surface area contributed by atoms with Gasteiger partial charge >= 0.3 is 0 Å². The van der Waals surface area contributed by atoms with Gasteiger partial charge in [0, 0.05) is 34.4 Å². The van der Waals surface area contributed by atoms with Gasteiger partial charge in [0.2, 0.25) is 0 Å². The van der Waals surface area contributed by atoms with Gasteiger partial charge < -0.3 is 5.73 Å². The Morgan fingerprint density at radius 2 is 2.28 bits per heavy atom. The molecule has 0 spiro atoms. The second-order valence-electron chi connectivity index (χ2n) is 4.56. The van der Waals surface area contributed by atoms with E-state index in [1.54, 1.807) is 18.0 Å². The molecule has 0 aliphatic carbocycles. The van der Waals surface area contributed by atoms with E-state index in [1.807, 2.05) is 23.9 Å². The Morgan fingerprint density at radius 3 is 2.94 bits per heavy atom. The molecule has 1 saturated heterocycles. The zero-order chi connectivity index (χ0) is 13.1. The second-order valence-corrected chi connectivity index (χ2v) is 7.55. The molecule has 98 valence electrons. The third kappa shape index (κ3) is 3.20. The first-order chi connectivity index (χ1) is 8.58. The van der Waals surface area contributed by atoms with Crippen LogP contribution in [0.5, 0.6) is 0 Å². The molecule has 0 bridgehead atoms. The van der Waals surface area contributed by atoms with Crippen molar-refractivity contribution in [3.05, 3.63) is 23.9 Å². The smallest absolute Gasteiger partial charge is 0.151 e. The monoisotopic (exact) mass is 282 g/mol. The first kappa shape index (κ1) is 13.7. The normalized spacial score (nSPS) is 28.0. The number of aromatic nitrogens is 1. The summed E-state index contributed by atoms with van der Waals surface area (Å²) in [7, 11) is 0. The molecule has 1 aromatic rings. The van der Waals surface area contributed by atoms with Gasteiger partial charge in [-0.2, -0.15) is 11.8 Å². The fourth-order valence-electron chi connectivity index (χ4n) is 1.85. The number of nitrogen functional groups attached to an aromatic ring is 1. The van der Waals surface area contributed by atoms with Crippen LogP contribution in [-0.2, 0) is 11.2 Å². The Labute approximate surface area is 116 Å². The molecule has 3 unspecified atom stereocenters. The van der Waals surface area contributed by atoms with E-state index >= 15 is 0 Å². The predicted molar refractivity (Wildman–Crippen MR) is 80.1 cm³/mol. The quantitative estimate of drug-likeness (QED) is 0.922. The van der Waals surface area contributed by atoms with Gasteiger partial charge in [0.1, 0.15) is 5.82 Å². The highest BCUT2D eigenvalue weighted by Crippen LogP contribution is 2.36. The van der Waals surface area contributed by atoms with Crippen molar-refractivity contribution in [3.63, 3.8) is 0 Å². The number of anilines is 1. The van der Waals surface area contributed by atoms with Crippen LogP contribution in [0.4, 0.5) is 5.82 Å². The van der Waals surface area contributed by atoms with Gasteiger partial charge in [-0.05, 0) is 6.07 Å². The third-order valence-corrected chi connectivity index (χ3v) is 6.64. The van der Waals surface area contributed by atoms with Crippen LogP contribution in [0.25, 0.3) is 0 Å². The third-order valence-electron chi connectivity index (χ3n) is 3.20. The van der Waals surface area contributed by atoms with Crippen molar-refractivity contribution in [2.24, 2.45) is 0 Å². The number of hydrogen-bond donors (Lipinski definition) is 1. The largest absolute Gasteiger partial charge is 0.383 e. The molecule has 3 nitrogen and oxygen atoms in total. The SMILES string of the molecule is CC1SCC(C(=O)Cc2cccnc2N)SC1C. The van der Waals surface area contributed by atoms with Crippen molar-refractivity contribution in [2.75, 3.05) is 11.5 Å². The average molecular weight is 282 g/mol. The number of rotatable bonds is 3. The van der Waals surface area contributed by atoms with Crippen LogP contribution in [0.3, 0.4) is 0 Å². The van der Waals surface area contributed by atoms with E-state index in [-0.39, 0.29) is 11.0 Å². The topological polar surface area (TPSA) is 56.0 Å². The molecule has 2 rings (SSSR count). The molecule has 0 saturated carbocycles. The maximum Gasteiger partial charge on any atom is 0.151 e. The summed E-state index contributed by atoms with van der Waals surface area (Å²) in [6.07, 6.45) is 2.05. The highest BCUT2D eigenvalue weighted by molar-refractivity contribution is 8.08. The molecule has 3 atom stereocenters. The lowest BCUT2D eigenvalue weighted by atomic mass is 10.1. The maximum absolute atomic E-state index is 12.3. The zero-order valence-corrected chi connectivity index (χ0v) is 12.3. The van der Waals surface area contributed by atoms with E-state index in [2.05, 4.69) is 18.8 Å². The minimum Gasteiger partial charge on any atom is -0.383 e. The van der Waals surface area contributed by atoms with Crippen LogP contribution >= 0.6 is 23.5 Å². The highest BCUT2D eigenvalue weighted by atomic mass is 32.2. The van der Waals surface area contributed by atoms with Crippen molar-refractivity contribution in [1.82, 2.24) is 4.98 Å². The fraction of sp³-hybridized carbons (Fsp3) is 0.538. The van der Waals surface area contributed by atoms with Crippen LogP contribution in [0, 0.1) is 0 Å². The van der Waals surface area contributed by atoms with E-state index in [0.29, 0.717) is 22.7 Å². The van der Waals surface area contributed by atoms with Gasteiger partial charge in [0.25, 0.3) is 0 Å². The van der Waals surface area contributed by atoms with Crippen LogP contribution < -0.4 is 5.73 Å². The lowest BCUT2D eigenvalue weighted by molar-refractivity contribution is -0.117. The van der Waals surface area contributed by atoms with E-state index in [1.165, 1.54) is 0 Å². The Balaban J connectivity index is 1.99. The molecule has 18 heavy (non-hydrogen) atoms. The molecular weight excluding hydrogens is 264 g/mol. The van der Waals surface area contributed by atoms with Crippen LogP contribution in [0.15, 0.2) is 18.3 Å². The lowest BCUT2D eigenvalue weighted by Crippen LogP contribution is -2.32. The number of Topliss-reactive ketones (excluding diaryl/α,β-unsaturated/α-hetero) is 1. The molecule has 1 aliphatic rings. The predicted octanol–water partition coefficient (Wildman–Crippen LogP) is 2.40. The summed E-state index contributed by atoms with van der Waals surface area (Å²) in [6.45, 7) is 4.42. The van der Waals surface area contributed by atoms with Crippen molar-refractivity contribution in [3.8, 4) is 0 Å². The number of carbonyl (C=O) groups is 1. The molecule has 1 aliphatic heterocycles. The van der Waals surface area contributed by atoms with E-state index < -0.39 is 0 Å². The summed E-state index contributed by atoms with van der Waals surface area (Å²) >= 11 is 3.68. The number of carbonyl (C=O) groups excluding carboxylic acids is 1. The number of thioether (sulfide) groups is 2. The van der Waals surface area contributed by atoms with Gasteiger partial charge in [-0.3, -0.25) is 4.79 Å². The van der Waals surface area contributed by atoms with Crippen molar-refractivity contribution in [2.45, 2.75) is 36.0 Å². The molecule has 1 aromatic heterocycles. The van der Waals surface area contributed by atoms with E-state index in [4.69, 9.17) is 5.73 Å². The van der Waals surface area contributed by atoms with Gasteiger partial charge in [-0.15, -0.1) is 11.8 Å². The summed E-state index contributed by atoms with van der Waals surface area (Å²) in [5, 5.41) is 1.26. The Morgan fingerprint density at radius 1 is 1.50 bits per heavy atom. The Bertz CT molecular complexity index is 439.